The fourth-order valence-corrected chi connectivity index (χ4v) is 0.962. The molecule has 0 bridgehead atoms. The fraction of sp³-hybridized carbons (Fsp3) is 0.333. The molecule has 1 aromatic rings. The van der Waals surface area contributed by atoms with E-state index in [1.165, 1.54) is 12.1 Å². The van der Waals surface area contributed by atoms with Crippen LogP contribution >= 0.6 is 0 Å². The molecule has 1 atom stereocenters. The molecule has 0 spiro atoms. The Morgan fingerprint density at radius 2 is 1.91 bits per heavy atom. The van der Waals surface area contributed by atoms with Gasteiger partial charge in [0.1, 0.15) is 5.82 Å². The van der Waals surface area contributed by atoms with E-state index in [0.717, 1.165) is 5.56 Å². The first-order valence-electron chi connectivity index (χ1n) is 3.61. The molecule has 0 fully saturated rings. The minimum atomic E-state index is -0.361. The van der Waals surface area contributed by atoms with E-state index in [1.807, 2.05) is 0 Å². The predicted molar refractivity (Wildman–Crippen MR) is 41.8 cm³/mol. The Morgan fingerprint density at radius 3 is 2.36 bits per heavy atom. The van der Waals surface area contributed by atoms with Crippen LogP contribution in [0.5, 0.6) is 0 Å². The van der Waals surface area contributed by atoms with Crippen molar-refractivity contribution in [2.45, 2.75) is 19.4 Å². The maximum Gasteiger partial charge on any atom is 0.123 e. The van der Waals surface area contributed by atoms with Crippen molar-refractivity contribution in [2.24, 2.45) is 0 Å². The molecule has 1 N–H and O–H groups in total. The Hall–Kier alpha value is -0.890. The lowest BCUT2D eigenvalue weighted by Gasteiger charge is -2.02. The summed E-state index contributed by atoms with van der Waals surface area (Å²) in [5.74, 6) is -0.237. The van der Waals surface area contributed by atoms with Crippen molar-refractivity contribution in [3.05, 3.63) is 35.6 Å². The molecule has 0 amide bonds. The van der Waals surface area contributed by atoms with Gasteiger partial charge in [-0.1, -0.05) is 12.1 Å². The van der Waals surface area contributed by atoms with E-state index < -0.39 is 0 Å². The topological polar surface area (TPSA) is 20.2 Å². The number of hydrogen-bond acceptors (Lipinski definition) is 1. The Kier molecular flexibility index (Phi) is 2.60. The van der Waals surface area contributed by atoms with Crippen molar-refractivity contribution in [1.82, 2.24) is 0 Å². The zero-order chi connectivity index (χ0) is 8.27. The van der Waals surface area contributed by atoms with Gasteiger partial charge in [-0.2, -0.15) is 0 Å². The third-order valence-corrected chi connectivity index (χ3v) is 1.44. The number of hydrogen-bond donors (Lipinski definition) is 1. The van der Waals surface area contributed by atoms with E-state index in [9.17, 15) is 4.39 Å². The van der Waals surface area contributed by atoms with Gasteiger partial charge in [0.2, 0.25) is 0 Å². The molecule has 0 unspecified atom stereocenters. The van der Waals surface area contributed by atoms with Gasteiger partial charge in [0.15, 0.2) is 0 Å². The van der Waals surface area contributed by atoms with Gasteiger partial charge in [-0.15, -0.1) is 0 Å². The van der Waals surface area contributed by atoms with Gasteiger partial charge >= 0.3 is 0 Å². The Balaban J connectivity index is 2.66. The van der Waals surface area contributed by atoms with Crippen molar-refractivity contribution in [3.8, 4) is 0 Å². The first-order valence-corrected chi connectivity index (χ1v) is 3.61. The molecule has 1 nitrogen and oxygen atoms in total. The number of rotatable bonds is 2. The van der Waals surface area contributed by atoms with Crippen LogP contribution in [0.15, 0.2) is 24.3 Å². The molecule has 11 heavy (non-hydrogen) atoms. The smallest absolute Gasteiger partial charge is 0.123 e. The van der Waals surface area contributed by atoms with E-state index in [0.29, 0.717) is 6.42 Å². The first kappa shape index (κ1) is 8.21. The summed E-state index contributed by atoms with van der Waals surface area (Å²) in [6.45, 7) is 1.71. The lowest BCUT2D eigenvalue weighted by Crippen LogP contribution is -2.03. The second kappa shape index (κ2) is 3.49. The SMILES string of the molecule is C[C@H](O)Cc1ccc(F)cc1. The molecule has 0 aromatic heterocycles. The number of aliphatic hydroxyl groups excluding tert-OH is 1. The minimum Gasteiger partial charge on any atom is -0.393 e. The summed E-state index contributed by atoms with van der Waals surface area (Å²) >= 11 is 0. The molecule has 2 heteroatoms. The Labute approximate surface area is 65.5 Å². The molecule has 0 aliphatic carbocycles. The minimum absolute atomic E-state index is 0.237. The van der Waals surface area contributed by atoms with Crippen molar-refractivity contribution in [2.75, 3.05) is 0 Å². The summed E-state index contributed by atoms with van der Waals surface area (Å²) in [4.78, 5) is 0. The highest BCUT2D eigenvalue weighted by atomic mass is 19.1. The highest BCUT2D eigenvalue weighted by Crippen LogP contribution is 2.04. The van der Waals surface area contributed by atoms with E-state index >= 15 is 0 Å². The molecule has 1 aromatic carbocycles. The Morgan fingerprint density at radius 1 is 1.36 bits per heavy atom. The molecule has 0 radical (unpaired) electrons. The summed E-state index contributed by atoms with van der Waals surface area (Å²) in [5.41, 5.74) is 0.960. The fourth-order valence-electron chi connectivity index (χ4n) is 0.962. The van der Waals surface area contributed by atoms with E-state index in [4.69, 9.17) is 5.11 Å². The van der Waals surface area contributed by atoms with Gasteiger partial charge in [0, 0.05) is 0 Å². The summed E-state index contributed by atoms with van der Waals surface area (Å²) in [5, 5.41) is 8.98. The van der Waals surface area contributed by atoms with Gasteiger partial charge in [0.25, 0.3) is 0 Å². The molecule has 0 heterocycles. The van der Waals surface area contributed by atoms with Crippen LogP contribution in [0.2, 0.25) is 0 Å². The van der Waals surface area contributed by atoms with Gasteiger partial charge in [-0.3, -0.25) is 0 Å². The molecule has 1 rings (SSSR count). The number of benzene rings is 1. The van der Waals surface area contributed by atoms with Crippen LogP contribution in [0.1, 0.15) is 12.5 Å². The molecule has 0 aliphatic heterocycles. The third-order valence-electron chi connectivity index (χ3n) is 1.44. The lowest BCUT2D eigenvalue weighted by atomic mass is 10.1. The Bertz CT molecular complexity index is 216. The number of halogens is 1. The average molecular weight is 154 g/mol. The van der Waals surface area contributed by atoms with Gasteiger partial charge in [-0.05, 0) is 31.0 Å². The standard InChI is InChI=1S/C9H11FO/c1-7(11)6-8-2-4-9(10)5-3-8/h2-5,7,11H,6H2,1H3/t7-/m0/s1. The molecular formula is C9H11FO. The van der Waals surface area contributed by atoms with E-state index in [-0.39, 0.29) is 11.9 Å². The zero-order valence-corrected chi connectivity index (χ0v) is 6.42. The highest BCUT2D eigenvalue weighted by Gasteiger charge is 1.97. The lowest BCUT2D eigenvalue weighted by molar-refractivity contribution is 0.195. The van der Waals surface area contributed by atoms with E-state index in [1.54, 1.807) is 19.1 Å². The normalized spacial score (nSPS) is 13.0. The summed E-state index contributed by atoms with van der Waals surface area (Å²) in [7, 11) is 0. The maximum atomic E-state index is 12.4. The summed E-state index contributed by atoms with van der Waals surface area (Å²) in [6, 6.07) is 6.17. The summed E-state index contributed by atoms with van der Waals surface area (Å²) < 4.78 is 12.4. The quantitative estimate of drug-likeness (QED) is 0.688. The van der Waals surface area contributed by atoms with Crippen LogP contribution in [0.3, 0.4) is 0 Å². The van der Waals surface area contributed by atoms with Crippen LogP contribution in [-0.2, 0) is 6.42 Å². The molecule has 0 aliphatic rings. The molecule has 0 saturated carbocycles. The van der Waals surface area contributed by atoms with Crippen LogP contribution in [-0.4, -0.2) is 11.2 Å². The van der Waals surface area contributed by atoms with Gasteiger partial charge < -0.3 is 5.11 Å². The van der Waals surface area contributed by atoms with Crippen molar-refractivity contribution in [1.29, 1.82) is 0 Å². The van der Waals surface area contributed by atoms with Gasteiger partial charge in [0.05, 0.1) is 6.10 Å². The van der Waals surface area contributed by atoms with Crippen LogP contribution in [0.4, 0.5) is 4.39 Å². The highest BCUT2D eigenvalue weighted by molar-refractivity contribution is 5.16. The van der Waals surface area contributed by atoms with Crippen molar-refractivity contribution >= 4 is 0 Å². The van der Waals surface area contributed by atoms with Crippen molar-refractivity contribution in [3.63, 3.8) is 0 Å². The van der Waals surface area contributed by atoms with E-state index in [2.05, 4.69) is 0 Å². The van der Waals surface area contributed by atoms with Crippen molar-refractivity contribution < 1.29 is 9.50 Å². The largest absolute Gasteiger partial charge is 0.393 e. The average Bonchev–Trinajstić information content (AvgIpc) is 1.93. The zero-order valence-electron chi connectivity index (χ0n) is 6.42. The van der Waals surface area contributed by atoms with Crippen LogP contribution in [0, 0.1) is 5.82 Å². The monoisotopic (exact) mass is 154 g/mol. The molecule has 60 valence electrons. The van der Waals surface area contributed by atoms with Gasteiger partial charge in [-0.25, -0.2) is 4.39 Å². The second-order valence-electron chi connectivity index (χ2n) is 2.68. The maximum absolute atomic E-state index is 12.4. The third kappa shape index (κ3) is 2.68. The van der Waals surface area contributed by atoms with Crippen LogP contribution < -0.4 is 0 Å². The number of aliphatic hydroxyl groups is 1. The second-order valence-corrected chi connectivity index (χ2v) is 2.68. The first-order chi connectivity index (χ1) is 5.18. The predicted octanol–water partition coefficient (Wildman–Crippen LogP) is 1.75. The molecule has 0 saturated heterocycles. The molecular weight excluding hydrogens is 143 g/mol. The summed E-state index contributed by atoms with van der Waals surface area (Å²) in [6.07, 6.45) is 0.223. The van der Waals surface area contributed by atoms with Crippen LogP contribution in [0.25, 0.3) is 0 Å².